The molecule has 47 heavy (non-hydrogen) atoms. The second-order valence-corrected chi connectivity index (χ2v) is 13.7. The van der Waals surface area contributed by atoms with Crippen LogP contribution in [0, 0.1) is 13.8 Å². The number of esters is 1. The van der Waals surface area contributed by atoms with Gasteiger partial charge in [-0.3, -0.25) is 0 Å². The van der Waals surface area contributed by atoms with Crippen molar-refractivity contribution >= 4 is 36.6 Å². The van der Waals surface area contributed by atoms with Gasteiger partial charge < -0.3 is 32.4 Å². The zero-order valence-electron chi connectivity index (χ0n) is 26.9. The standard InChI is InChI=1S/C33H35NO11S2/c1-21-8-12-25(13-9-21)46(36,37)32(27-16-24(33(35)44-7)19-34(27)20-40-3)30(45-47(38,39)26-14-10-22(2)11-15-26)23-17-28(41-4)31(43-6)29(18-23)42-5/h8-19H,20H2,1-7H3/b32-30-. The lowest BCUT2D eigenvalue weighted by molar-refractivity contribution is 0.0600. The second-order valence-electron chi connectivity index (χ2n) is 10.2. The molecule has 0 unspecified atom stereocenters. The van der Waals surface area contributed by atoms with Gasteiger partial charge in [0, 0.05) is 18.9 Å². The van der Waals surface area contributed by atoms with E-state index in [0.717, 1.165) is 11.1 Å². The lowest BCUT2D eigenvalue weighted by atomic mass is 10.1. The van der Waals surface area contributed by atoms with Crippen molar-refractivity contribution in [1.82, 2.24) is 4.57 Å². The van der Waals surface area contributed by atoms with Crippen molar-refractivity contribution in [2.45, 2.75) is 30.4 Å². The van der Waals surface area contributed by atoms with E-state index in [1.807, 2.05) is 0 Å². The third-order valence-electron chi connectivity index (χ3n) is 7.05. The van der Waals surface area contributed by atoms with Crippen LogP contribution in [0.1, 0.15) is 32.7 Å². The Morgan fingerprint density at radius 3 is 1.70 bits per heavy atom. The molecule has 0 aliphatic rings. The van der Waals surface area contributed by atoms with E-state index >= 15 is 0 Å². The molecule has 1 aromatic heterocycles. The van der Waals surface area contributed by atoms with Crippen LogP contribution >= 0.6 is 0 Å². The van der Waals surface area contributed by atoms with E-state index in [0.29, 0.717) is 0 Å². The summed E-state index contributed by atoms with van der Waals surface area (Å²) >= 11 is 0. The maximum atomic E-state index is 14.8. The summed E-state index contributed by atoms with van der Waals surface area (Å²) in [5, 5.41) is 0. The summed E-state index contributed by atoms with van der Waals surface area (Å²) in [6, 6.07) is 15.8. The van der Waals surface area contributed by atoms with Crippen LogP contribution in [-0.4, -0.2) is 62.9 Å². The first-order valence-electron chi connectivity index (χ1n) is 14.0. The van der Waals surface area contributed by atoms with Gasteiger partial charge >= 0.3 is 16.1 Å². The zero-order valence-corrected chi connectivity index (χ0v) is 28.5. The first-order chi connectivity index (χ1) is 22.3. The Bertz CT molecular complexity index is 1990. The summed E-state index contributed by atoms with van der Waals surface area (Å²) in [6.07, 6.45) is 1.33. The van der Waals surface area contributed by atoms with Gasteiger partial charge in [0.25, 0.3) is 0 Å². The average Bonchev–Trinajstić information content (AvgIpc) is 3.46. The van der Waals surface area contributed by atoms with E-state index in [9.17, 15) is 21.6 Å². The highest BCUT2D eigenvalue weighted by Crippen LogP contribution is 2.44. The number of rotatable bonds is 13. The predicted molar refractivity (Wildman–Crippen MR) is 174 cm³/mol. The average molecular weight is 686 g/mol. The zero-order chi connectivity index (χ0) is 34.5. The second kappa shape index (κ2) is 14.3. The Hall–Kier alpha value is -4.79. The van der Waals surface area contributed by atoms with E-state index in [4.69, 9.17) is 27.9 Å². The summed E-state index contributed by atoms with van der Waals surface area (Å²) < 4.78 is 91.3. The number of hydrogen-bond donors (Lipinski definition) is 0. The van der Waals surface area contributed by atoms with Crippen LogP contribution in [0.5, 0.6) is 17.2 Å². The highest BCUT2D eigenvalue weighted by Gasteiger charge is 2.35. The van der Waals surface area contributed by atoms with Crippen LogP contribution in [0.15, 0.2) is 82.7 Å². The molecule has 12 nitrogen and oxygen atoms in total. The van der Waals surface area contributed by atoms with Crippen molar-refractivity contribution < 1.29 is 49.5 Å². The van der Waals surface area contributed by atoms with Gasteiger partial charge in [0.1, 0.15) is 16.5 Å². The molecule has 0 aliphatic carbocycles. The highest BCUT2D eigenvalue weighted by molar-refractivity contribution is 8.01. The molecule has 0 saturated heterocycles. The molecule has 1 heterocycles. The molecule has 250 valence electrons. The quantitative estimate of drug-likeness (QED) is 0.104. The van der Waals surface area contributed by atoms with E-state index in [-0.39, 0.29) is 50.6 Å². The number of benzene rings is 3. The van der Waals surface area contributed by atoms with Crippen molar-refractivity contribution in [3.05, 3.63) is 101 Å². The van der Waals surface area contributed by atoms with Crippen molar-refractivity contribution in [3.63, 3.8) is 0 Å². The fourth-order valence-corrected chi connectivity index (χ4v) is 7.28. The lowest BCUT2D eigenvalue weighted by Gasteiger charge is -2.20. The van der Waals surface area contributed by atoms with Crippen molar-refractivity contribution in [2.75, 3.05) is 35.5 Å². The van der Waals surface area contributed by atoms with E-state index < -0.39 is 36.6 Å². The number of sulfone groups is 1. The van der Waals surface area contributed by atoms with Crippen molar-refractivity contribution in [2.24, 2.45) is 0 Å². The summed E-state index contributed by atoms with van der Waals surface area (Å²) in [5.74, 6) is -1.04. The Morgan fingerprint density at radius 2 is 1.23 bits per heavy atom. The molecule has 0 N–H and O–H groups in total. The molecular weight excluding hydrogens is 650 g/mol. The molecule has 0 aliphatic heterocycles. The fraction of sp³-hybridized carbons (Fsp3) is 0.242. The van der Waals surface area contributed by atoms with Crippen molar-refractivity contribution in [1.29, 1.82) is 0 Å². The minimum absolute atomic E-state index is 0.0261. The Labute approximate surface area is 274 Å². The number of nitrogens with zero attached hydrogens (tertiary/aromatic N) is 1. The number of carbonyl (C=O) groups is 1. The van der Waals surface area contributed by atoms with Crippen LogP contribution < -0.4 is 14.2 Å². The van der Waals surface area contributed by atoms with Gasteiger partial charge in [0.05, 0.1) is 44.6 Å². The minimum Gasteiger partial charge on any atom is -0.493 e. The molecule has 0 saturated carbocycles. The lowest BCUT2D eigenvalue weighted by Crippen LogP contribution is -2.15. The summed E-state index contributed by atoms with van der Waals surface area (Å²) in [6.45, 7) is 3.35. The van der Waals surface area contributed by atoms with E-state index in [1.54, 1.807) is 38.1 Å². The van der Waals surface area contributed by atoms with Crippen LogP contribution in [0.25, 0.3) is 10.7 Å². The van der Waals surface area contributed by atoms with Gasteiger partial charge in [-0.05, 0) is 56.3 Å². The number of aryl methyl sites for hydroxylation is 2. The third kappa shape index (κ3) is 7.29. The predicted octanol–water partition coefficient (Wildman–Crippen LogP) is 5.23. The molecule has 0 fully saturated rings. The molecule has 0 radical (unpaired) electrons. The summed E-state index contributed by atoms with van der Waals surface area (Å²) in [7, 11) is -2.70. The monoisotopic (exact) mass is 685 g/mol. The van der Waals surface area contributed by atoms with Gasteiger partial charge in [0.15, 0.2) is 17.3 Å². The summed E-state index contributed by atoms with van der Waals surface area (Å²) in [5.41, 5.74) is 1.36. The molecule has 4 rings (SSSR count). The number of hydrogen-bond acceptors (Lipinski definition) is 11. The molecule has 0 atom stereocenters. The van der Waals surface area contributed by atoms with Crippen LogP contribution in [-0.2, 0) is 40.3 Å². The maximum absolute atomic E-state index is 14.8. The fourth-order valence-electron chi connectivity index (χ4n) is 4.68. The smallest absolute Gasteiger partial charge is 0.339 e. The van der Waals surface area contributed by atoms with Gasteiger partial charge in [0.2, 0.25) is 15.6 Å². The molecule has 14 heteroatoms. The van der Waals surface area contributed by atoms with Gasteiger partial charge in [-0.25, -0.2) is 13.2 Å². The Morgan fingerprint density at radius 1 is 0.702 bits per heavy atom. The SMILES string of the molecule is COCn1cc(C(=O)OC)cc1/C(=C(/OS(=O)(=O)c1ccc(C)cc1)c1cc(OC)c(OC)c(OC)c1)S(=O)(=O)c1ccc(C)cc1. The van der Waals surface area contributed by atoms with Gasteiger partial charge in [-0.2, -0.15) is 8.42 Å². The van der Waals surface area contributed by atoms with Gasteiger partial charge in [-0.1, -0.05) is 35.4 Å². The first kappa shape index (κ1) is 35.1. The molecule has 0 spiro atoms. The molecule has 3 aromatic carbocycles. The molecule has 0 bridgehead atoms. The number of aromatic nitrogens is 1. The first-order valence-corrected chi connectivity index (χ1v) is 16.9. The Kier molecular flexibility index (Phi) is 10.7. The van der Waals surface area contributed by atoms with E-state index in [2.05, 4.69) is 0 Å². The van der Waals surface area contributed by atoms with Crippen LogP contribution in [0.4, 0.5) is 0 Å². The van der Waals surface area contributed by atoms with Crippen molar-refractivity contribution in [3.8, 4) is 17.2 Å². The highest BCUT2D eigenvalue weighted by atomic mass is 32.2. The number of methoxy groups -OCH3 is 5. The van der Waals surface area contributed by atoms with E-state index in [1.165, 1.54) is 88.8 Å². The maximum Gasteiger partial charge on any atom is 0.339 e. The minimum atomic E-state index is -4.69. The molecular formula is C33H35NO11S2. The summed E-state index contributed by atoms with van der Waals surface area (Å²) in [4.78, 5) is 11.7. The normalized spacial score (nSPS) is 12.2. The Balaban J connectivity index is 2.24. The molecule has 4 aromatic rings. The van der Waals surface area contributed by atoms with Crippen LogP contribution in [0.3, 0.4) is 0 Å². The van der Waals surface area contributed by atoms with Crippen LogP contribution in [0.2, 0.25) is 0 Å². The third-order valence-corrected chi connectivity index (χ3v) is 10.1. The number of ether oxygens (including phenoxy) is 5. The molecule has 0 amide bonds. The topological polar surface area (TPSA) is 146 Å². The number of carbonyl (C=O) groups excluding carboxylic acids is 1. The van der Waals surface area contributed by atoms with Gasteiger partial charge in [-0.15, -0.1) is 0 Å². The largest absolute Gasteiger partial charge is 0.493 e.